The second-order valence-electron chi connectivity index (χ2n) is 3.54. The molecule has 0 bridgehead atoms. The molecule has 17 heavy (non-hydrogen) atoms. The molecule has 0 saturated carbocycles. The fourth-order valence-electron chi connectivity index (χ4n) is 1.25. The summed E-state index contributed by atoms with van der Waals surface area (Å²) in [7, 11) is 1.49. The third-order valence-electron chi connectivity index (χ3n) is 2.26. The molecule has 0 heterocycles. The number of nitrogens with zero attached hydrogens (tertiary/aromatic N) is 2. The Labute approximate surface area is 100 Å². The maximum atomic E-state index is 11.6. The fourth-order valence-corrected chi connectivity index (χ4v) is 1.25. The summed E-state index contributed by atoms with van der Waals surface area (Å²) in [5, 5.41) is 26.1. The van der Waals surface area contributed by atoms with Crippen LogP contribution < -0.4 is 0 Å². The Morgan fingerprint density at radius 2 is 1.35 bits per heavy atom. The highest BCUT2D eigenvalue weighted by molar-refractivity contribution is 5.96. The van der Waals surface area contributed by atoms with Crippen molar-refractivity contribution in [3.05, 3.63) is 0 Å². The van der Waals surface area contributed by atoms with Gasteiger partial charge in [0.15, 0.2) is 0 Å². The van der Waals surface area contributed by atoms with Crippen LogP contribution in [0.5, 0.6) is 0 Å². The van der Waals surface area contributed by atoms with Crippen LogP contribution in [-0.2, 0) is 9.59 Å². The maximum Gasteiger partial charge on any atom is 0.232 e. The molecule has 7 heteroatoms. The molecular weight excluding hydrogens is 228 g/mol. The van der Waals surface area contributed by atoms with E-state index in [0.29, 0.717) is 0 Å². The van der Waals surface area contributed by atoms with Gasteiger partial charge in [0, 0.05) is 26.7 Å². The lowest BCUT2D eigenvalue weighted by atomic mass is 10.3. The minimum absolute atomic E-state index is 0.0936. The van der Waals surface area contributed by atoms with E-state index in [1.165, 1.54) is 16.8 Å². The first kappa shape index (κ1) is 15.8. The molecule has 3 N–H and O–H groups in total. The molecule has 0 saturated heterocycles. The van der Waals surface area contributed by atoms with Crippen LogP contribution in [0, 0.1) is 0 Å². The zero-order chi connectivity index (χ0) is 13.3. The Balaban J connectivity index is 4.23. The maximum absolute atomic E-state index is 11.6. The van der Waals surface area contributed by atoms with E-state index in [0.717, 1.165) is 0 Å². The van der Waals surface area contributed by atoms with E-state index in [1.807, 2.05) is 0 Å². The van der Waals surface area contributed by atoms with Crippen LogP contribution in [0.4, 0.5) is 0 Å². The van der Waals surface area contributed by atoms with E-state index >= 15 is 0 Å². The molecule has 0 aliphatic carbocycles. The average molecular weight is 248 g/mol. The Kier molecular flexibility index (Phi) is 8.29. The van der Waals surface area contributed by atoms with Crippen molar-refractivity contribution in [1.82, 2.24) is 9.80 Å². The number of hydrogen-bond acceptors (Lipinski definition) is 5. The quantitative estimate of drug-likeness (QED) is 0.417. The lowest BCUT2D eigenvalue weighted by Gasteiger charge is -2.22. The SMILES string of the molecule is CN(CCO)C(=O)CC(=O)N(CCO)CCO. The molecule has 0 rings (SSSR count). The van der Waals surface area contributed by atoms with E-state index in [2.05, 4.69) is 0 Å². The molecule has 0 aromatic rings. The topological polar surface area (TPSA) is 101 Å². The highest BCUT2D eigenvalue weighted by Gasteiger charge is 2.18. The van der Waals surface area contributed by atoms with Gasteiger partial charge < -0.3 is 25.1 Å². The smallest absolute Gasteiger partial charge is 0.232 e. The molecule has 7 nitrogen and oxygen atoms in total. The molecule has 0 unspecified atom stereocenters. The Hall–Kier alpha value is -1.18. The molecule has 0 fully saturated rings. The van der Waals surface area contributed by atoms with E-state index in [4.69, 9.17) is 15.3 Å². The summed E-state index contributed by atoms with van der Waals surface area (Å²) in [6.45, 7) is -0.231. The third-order valence-corrected chi connectivity index (χ3v) is 2.26. The summed E-state index contributed by atoms with van der Waals surface area (Å²) in [6.07, 6.45) is -0.323. The first-order valence-electron chi connectivity index (χ1n) is 5.41. The third kappa shape index (κ3) is 6.20. The van der Waals surface area contributed by atoms with Crippen LogP contribution in [0.3, 0.4) is 0 Å². The molecule has 0 radical (unpaired) electrons. The normalized spacial score (nSPS) is 10.1. The summed E-state index contributed by atoms with van der Waals surface area (Å²) in [5.74, 6) is -0.840. The van der Waals surface area contributed by atoms with Crippen LogP contribution >= 0.6 is 0 Å². The van der Waals surface area contributed by atoms with Crippen molar-refractivity contribution in [2.75, 3.05) is 46.5 Å². The zero-order valence-corrected chi connectivity index (χ0v) is 10.0. The molecule has 0 atom stereocenters. The van der Waals surface area contributed by atoms with Crippen molar-refractivity contribution in [3.63, 3.8) is 0 Å². The summed E-state index contributed by atoms with van der Waals surface area (Å²) in [5.41, 5.74) is 0. The number of carbonyl (C=O) groups is 2. The van der Waals surface area contributed by atoms with Gasteiger partial charge in [-0.2, -0.15) is 0 Å². The lowest BCUT2D eigenvalue weighted by Crippen LogP contribution is -2.40. The van der Waals surface area contributed by atoms with Crippen LogP contribution in [-0.4, -0.2) is 83.4 Å². The predicted molar refractivity (Wildman–Crippen MR) is 60.1 cm³/mol. The second-order valence-corrected chi connectivity index (χ2v) is 3.54. The summed E-state index contributed by atoms with van der Waals surface area (Å²) in [6, 6.07) is 0. The number of amides is 2. The van der Waals surface area contributed by atoms with Crippen molar-refractivity contribution >= 4 is 11.8 Å². The van der Waals surface area contributed by atoms with Gasteiger partial charge in [-0.3, -0.25) is 9.59 Å². The highest BCUT2D eigenvalue weighted by atomic mass is 16.3. The minimum Gasteiger partial charge on any atom is -0.395 e. The fraction of sp³-hybridized carbons (Fsp3) is 0.800. The largest absolute Gasteiger partial charge is 0.395 e. The Bertz CT molecular complexity index is 241. The van der Waals surface area contributed by atoms with Gasteiger partial charge in [-0.1, -0.05) is 0 Å². The van der Waals surface area contributed by atoms with Gasteiger partial charge in [0.1, 0.15) is 6.42 Å². The van der Waals surface area contributed by atoms with Crippen molar-refractivity contribution in [2.24, 2.45) is 0 Å². The summed E-state index contributed by atoms with van der Waals surface area (Å²) in [4.78, 5) is 25.6. The van der Waals surface area contributed by atoms with Gasteiger partial charge in [-0.25, -0.2) is 0 Å². The van der Waals surface area contributed by atoms with Gasteiger partial charge >= 0.3 is 0 Å². The molecule has 0 aromatic carbocycles. The first-order chi connectivity index (χ1) is 8.06. The Morgan fingerprint density at radius 3 is 1.76 bits per heavy atom. The van der Waals surface area contributed by atoms with E-state index in [-0.39, 0.29) is 45.9 Å². The second kappa shape index (κ2) is 8.91. The zero-order valence-electron chi connectivity index (χ0n) is 10.0. The summed E-state index contributed by atoms with van der Waals surface area (Å²) < 4.78 is 0. The Morgan fingerprint density at radius 1 is 0.882 bits per heavy atom. The molecule has 0 aromatic heterocycles. The van der Waals surface area contributed by atoms with Crippen molar-refractivity contribution in [3.8, 4) is 0 Å². The van der Waals surface area contributed by atoms with Gasteiger partial charge in [0.2, 0.25) is 11.8 Å². The molecular formula is C10H20N2O5. The van der Waals surface area contributed by atoms with Gasteiger partial charge in [0.25, 0.3) is 0 Å². The van der Waals surface area contributed by atoms with Gasteiger partial charge in [-0.05, 0) is 0 Å². The van der Waals surface area contributed by atoms with Crippen molar-refractivity contribution in [2.45, 2.75) is 6.42 Å². The predicted octanol–water partition coefficient (Wildman–Crippen LogP) is -2.36. The minimum atomic E-state index is -0.442. The number of aliphatic hydroxyl groups is 3. The van der Waals surface area contributed by atoms with Crippen LogP contribution in [0.25, 0.3) is 0 Å². The molecule has 0 aliphatic heterocycles. The van der Waals surface area contributed by atoms with Crippen LogP contribution in [0.15, 0.2) is 0 Å². The van der Waals surface area contributed by atoms with Crippen LogP contribution in [0.2, 0.25) is 0 Å². The molecule has 0 aliphatic rings. The van der Waals surface area contributed by atoms with Gasteiger partial charge in [-0.15, -0.1) is 0 Å². The molecule has 2 amide bonds. The number of hydrogen-bond donors (Lipinski definition) is 3. The lowest BCUT2D eigenvalue weighted by molar-refractivity contribution is -0.140. The average Bonchev–Trinajstić information content (AvgIpc) is 2.28. The molecule has 0 spiro atoms. The van der Waals surface area contributed by atoms with Gasteiger partial charge in [0.05, 0.1) is 19.8 Å². The first-order valence-corrected chi connectivity index (χ1v) is 5.41. The number of aliphatic hydroxyl groups excluding tert-OH is 3. The number of carbonyl (C=O) groups excluding carboxylic acids is 2. The van der Waals surface area contributed by atoms with E-state index in [9.17, 15) is 9.59 Å². The van der Waals surface area contributed by atoms with E-state index < -0.39 is 11.8 Å². The van der Waals surface area contributed by atoms with Crippen LogP contribution in [0.1, 0.15) is 6.42 Å². The monoisotopic (exact) mass is 248 g/mol. The summed E-state index contributed by atoms with van der Waals surface area (Å²) >= 11 is 0. The molecule has 100 valence electrons. The standard InChI is InChI=1S/C10H20N2O5/c1-11(2-5-13)9(16)8-10(17)12(3-6-14)4-7-15/h13-15H,2-8H2,1H3. The number of rotatable bonds is 8. The van der Waals surface area contributed by atoms with E-state index in [1.54, 1.807) is 0 Å². The van der Waals surface area contributed by atoms with Crippen molar-refractivity contribution < 1.29 is 24.9 Å². The number of likely N-dealkylation sites (N-methyl/N-ethyl adjacent to an activating group) is 1. The highest BCUT2D eigenvalue weighted by Crippen LogP contribution is 1.98. The van der Waals surface area contributed by atoms with Crippen molar-refractivity contribution in [1.29, 1.82) is 0 Å².